The van der Waals surface area contributed by atoms with E-state index in [1.165, 1.54) is 31.3 Å². The number of rotatable bonds is 10. The number of carbonyl (C=O) groups is 1. The second kappa shape index (κ2) is 11.6. The summed E-state index contributed by atoms with van der Waals surface area (Å²) in [5.74, 6) is -0.216. The maximum atomic E-state index is 12.2. The molecule has 0 aromatic rings. The van der Waals surface area contributed by atoms with Gasteiger partial charge in [0.25, 0.3) is 0 Å². The van der Waals surface area contributed by atoms with Gasteiger partial charge in [-0.2, -0.15) is 0 Å². The molecule has 0 saturated carbocycles. The van der Waals surface area contributed by atoms with Gasteiger partial charge in [-0.3, -0.25) is 0 Å². The fourth-order valence-corrected chi connectivity index (χ4v) is 2.38. The summed E-state index contributed by atoms with van der Waals surface area (Å²) in [7, 11) is 0. The molecule has 21 heavy (non-hydrogen) atoms. The monoisotopic (exact) mass is 294 g/mol. The molecule has 1 rings (SSSR count). The van der Waals surface area contributed by atoms with Crippen LogP contribution in [0.5, 0.6) is 0 Å². The lowest BCUT2D eigenvalue weighted by molar-refractivity contribution is -0.139. The van der Waals surface area contributed by atoms with Gasteiger partial charge in [0.15, 0.2) is 0 Å². The van der Waals surface area contributed by atoms with E-state index in [9.17, 15) is 4.79 Å². The lowest BCUT2D eigenvalue weighted by Crippen LogP contribution is -2.14. The standard InChI is InChI=1S/C18H30O3/c1-3-5-6-10-13-21-18(19)17(15-20-4-2)14-16-11-8-7-9-12-16/h11,14H,3-10,12-13,15H2,1-2H3. The van der Waals surface area contributed by atoms with Gasteiger partial charge in [-0.25, -0.2) is 4.79 Å². The van der Waals surface area contributed by atoms with Crippen LogP contribution in [-0.4, -0.2) is 25.8 Å². The van der Waals surface area contributed by atoms with Crippen LogP contribution in [-0.2, 0) is 14.3 Å². The maximum Gasteiger partial charge on any atom is 0.336 e. The van der Waals surface area contributed by atoms with Gasteiger partial charge in [0.05, 0.1) is 18.8 Å². The Morgan fingerprint density at radius 3 is 2.76 bits per heavy atom. The summed E-state index contributed by atoms with van der Waals surface area (Å²) in [6, 6.07) is 0. The lowest BCUT2D eigenvalue weighted by Gasteiger charge is -2.12. The van der Waals surface area contributed by atoms with Crippen molar-refractivity contribution in [1.29, 1.82) is 0 Å². The van der Waals surface area contributed by atoms with Crippen LogP contribution in [0.1, 0.15) is 65.2 Å². The molecule has 120 valence electrons. The van der Waals surface area contributed by atoms with Crippen molar-refractivity contribution in [3.05, 3.63) is 23.3 Å². The van der Waals surface area contributed by atoms with Crippen LogP contribution < -0.4 is 0 Å². The molecule has 0 bridgehead atoms. The number of hydrogen-bond donors (Lipinski definition) is 0. The van der Waals surface area contributed by atoms with Crippen LogP contribution in [0, 0.1) is 0 Å². The summed E-state index contributed by atoms with van der Waals surface area (Å²) in [4.78, 5) is 12.2. The minimum Gasteiger partial charge on any atom is -0.462 e. The number of ether oxygens (including phenoxy) is 2. The number of esters is 1. The average Bonchev–Trinajstić information content (AvgIpc) is 2.52. The Morgan fingerprint density at radius 2 is 2.10 bits per heavy atom. The molecule has 0 atom stereocenters. The number of allylic oxidation sites excluding steroid dienone is 3. The van der Waals surface area contributed by atoms with Gasteiger partial charge in [0.2, 0.25) is 0 Å². The van der Waals surface area contributed by atoms with E-state index in [1.807, 2.05) is 13.0 Å². The van der Waals surface area contributed by atoms with E-state index >= 15 is 0 Å². The molecular weight excluding hydrogens is 264 g/mol. The molecule has 0 aliphatic heterocycles. The summed E-state index contributed by atoms with van der Waals surface area (Å²) in [6.45, 7) is 5.59. The zero-order chi connectivity index (χ0) is 15.3. The van der Waals surface area contributed by atoms with Gasteiger partial charge in [-0.15, -0.1) is 0 Å². The summed E-state index contributed by atoms with van der Waals surface area (Å²) in [5, 5.41) is 0. The highest BCUT2D eigenvalue weighted by Gasteiger charge is 2.13. The fourth-order valence-electron chi connectivity index (χ4n) is 2.38. The molecule has 0 spiro atoms. The molecule has 3 heteroatoms. The molecular formula is C18H30O3. The van der Waals surface area contributed by atoms with Gasteiger partial charge in [0, 0.05) is 6.61 Å². The normalized spacial score (nSPS) is 15.7. The van der Waals surface area contributed by atoms with E-state index < -0.39 is 0 Å². The van der Waals surface area contributed by atoms with E-state index in [1.54, 1.807) is 0 Å². The highest BCUT2D eigenvalue weighted by molar-refractivity contribution is 5.89. The first-order valence-electron chi connectivity index (χ1n) is 8.42. The largest absolute Gasteiger partial charge is 0.462 e. The van der Waals surface area contributed by atoms with Crippen LogP contribution >= 0.6 is 0 Å². The van der Waals surface area contributed by atoms with Gasteiger partial charge in [-0.1, -0.05) is 37.8 Å². The fraction of sp³-hybridized carbons (Fsp3) is 0.722. The molecule has 0 saturated heterocycles. The zero-order valence-electron chi connectivity index (χ0n) is 13.7. The van der Waals surface area contributed by atoms with Crippen LogP contribution in [0.25, 0.3) is 0 Å². The SMILES string of the molecule is CCCCCCOC(=O)C(=CC1=CCCCC1)COCC. The third-order valence-corrected chi connectivity index (χ3v) is 3.64. The molecule has 3 nitrogen and oxygen atoms in total. The van der Waals surface area contributed by atoms with Gasteiger partial charge >= 0.3 is 5.97 Å². The van der Waals surface area contributed by atoms with Crippen molar-refractivity contribution in [1.82, 2.24) is 0 Å². The third kappa shape index (κ3) is 8.05. The van der Waals surface area contributed by atoms with Crippen LogP contribution in [0.15, 0.2) is 23.3 Å². The highest BCUT2D eigenvalue weighted by atomic mass is 16.5. The summed E-state index contributed by atoms with van der Waals surface area (Å²) >= 11 is 0. The van der Waals surface area contributed by atoms with Crippen molar-refractivity contribution in [2.45, 2.75) is 65.2 Å². The Kier molecular flexibility index (Phi) is 9.88. The number of carbonyl (C=O) groups excluding carboxylic acids is 1. The Morgan fingerprint density at radius 1 is 1.24 bits per heavy atom. The van der Waals surface area contributed by atoms with Crippen molar-refractivity contribution in [3.8, 4) is 0 Å². The lowest BCUT2D eigenvalue weighted by atomic mass is 9.98. The quantitative estimate of drug-likeness (QED) is 0.336. The Balaban J connectivity index is 2.49. The minimum absolute atomic E-state index is 0.216. The molecule has 0 N–H and O–H groups in total. The van der Waals surface area contributed by atoms with Crippen LogP contribution in [0.4, 0.5) is 0 Å². The summed E-state index contributed by atoms with van der Waals surface area (Å²) in [6.07, 6.45) is 13.3. The van der Waals surface area contributed by atoms with Crippen LogP contribution in [0.3, 0.4) is 0 Å². The van der Waals surface area contributed by atoms with Crippen LogP contribution in [0.2, 0.25) is 0 Å². The maximum absolute atomic E-state index is 12.2. The summed E-state index contributed by atoms with van der Waals surface area (Å²) in [5.41, 5.74) is 1.90. The second-order valence-electron chi connectivity index (χ2n) is 5.53. The van der Waals surface area contributed by atoms with Gasteiger partial charge in [-0.05, 0) is 45.1 Å². The second-order valence-corrected chi connectivity index (χ2v) is 5.53. The smallest absolute Gasteiger partial charge is 0.336 e. The van der Waals surface area contributed by atoms with Crippen molar-refractivity contribution in [2.24, 2.45) is 0 Å². The molecule has 1 aliphatic rings. The Bertz CT molecular complexity index is 355. The molecule has 0 unspecified atom stereocenters. The predicted octanol–water partition coefficient (Wildman–Crippen LogP) is 4.57. The Hall–Kier alpha value is -1.09. The van der Waals surface area contributed by atoms with Gasteiger partial charge in [0.1, 0.15) is 0 Å². The Labute approximate surface area is 129 Å². The molecule has 0 radical (unpaired) electrons. The number of hydrogen-bond acceptors (Lipinski definition) is 3. The first-order chi connectivity index (χ1) is 10.3. The van der Waals surface area contributed by atoms with Crippen molar-refractivity contribution >= 4 is 5.97 Å². The summed E-state index contributed by atoms with van der Waals surface area (Å²) < 4.78 is 10.8. The van der Waals surface area contributed by atoms with Crippen molar-refractivity contribution in [2.75, 3.05) is 19.8 Å². The first kappa shape index (κ1) is 18.0. The topological polar surface area (TPSA) is 35.5 Å². The molecule has 0 heterocycles. The van der Waals surface area contributed by atoms with Crippen molar-refractivity contribution < 1.29 is 14.3 Å². The minimum atomic E-state index is -0.216. The molecule has 0 fully saturated rings. The highest BCUT2D eigenvalue weighted by Crippen LogP contribution is 2.20. The number of unbranched alkanes of at least 4 members (excludes halogenated alkanes) is 3. The third-order valence-electron chi connectivity index (χ3n) is 3.64. The zero-order valence-corrected chi connectivity index (χ0v) is 13.7. The van der Waals surface area contributed by atoms with Crippen molar-refractivity contribution in [3.63, 3.8) is 0 Å². The van der Waals surface area contributed by atoms with Gasteiger partial charge < -0.3 is 9.47 Å². The predicted molar refractivity (Wildman–Crippen MR) is 86.2 cm³/mol. The first-order valence-corrected chi connectivity index (χ1v) is 8.42. The van der Waals surface area contributed by atoms with E-state index in [2.05, 4.69) is 13.0 Å². The van der Waals surface area contributed by atoms with E-state index in [-0.39, 0.29) is 5.97 Å². The molecule has 0 aromatic heterocycles. The van der Waals surface area contributed by atoms with E-state index in [0.717, 1.165) is 25.7 Å². The molecule has 1 aliphatic carbocycles. The average molecular weight is 294 g/mol. The van der Waals surface area contributed by atoms with E-state index in [4.69, 9.17) is 9.47 Å². The molecule has 0 aromatic carbocycles. The van der Waals surface area contributed by atoms with E-state index in [0.29, 0.717) is 25.4 Å². The molecule has 0 amide bonds.